The lowest BCUT2D eigenvalue weighted by atomic mass is 10.1. The number of nitrogens with zero attached hydrogens (tertiary/aromatic N) is 3. The molecule has 1 aliphatic heterocycles. The molecular weight excluding hydrogens is 322 g/mol. The van der Waals surface area contributed by atoms with Crippen LogP contribution in [0.25, 0.3) is 5.52 Å². The number of carbonyl (C=O) groups excluding carboxylic acids is 2. The van der Waals surface area contributed by atoms with Crippen molar-refractivity contribution in [3.05, 3.63) is 29.6 Å². The highest BCUT2D eigenvalue weighted by Gasteiger charge is 2.29. The van der Waals surface area contributed by atoms with Crippen LogP contribution < -0.4 is 11.1 Å². The molecule has 3 rings (SSSR count). The van der Waals surface area contributed by atoms with Crippen LogP contribution in [0.2, 0.25) is 0 Å². The van der Waals surface area contributed by atoms with E-state index in [4.69, 9.17) is 10.5 Å². The number of amides is 1. The summed E-state index contributed by atoms with van der Waals surface area (Å²) in [7, 11) is 2.06. The maximum Gasteiger partial charge on any atom is 0.339 e. The molecule has 1 saturated heterocycles. The standard InChI is InChI=1S/C17H23N5O3/c1-4-25-17(24)11-5-14-15(20-13-9-21(3)7-10(13)2)12(16(18)23)6-19-22(14)8-11/h5-6,8,10,13,20H,4,7,9H2,1-3H3,(H2,18,23). The maximum absolute atomic E-state index is 12.0. The van der Waals surface area contributed by atoms with Crippen molar-refractivity contribution in [2.24, 2.45) is 11.7 Å². The van der Waals surface area contributed by atoms with Gasteiger partial charge in [-0.1, -0.05) is 6.92 Å². The van der Waals surface area contributed by atoms with Crippen LogP contribution >= 0.6 is 0 Å². The van der Waals surface area contributed by atoms with Crippen molar-refractivity contribution >= 4 is 23.1 Å². The first-order valence-electron chi connectivity index (χ1n) is 8.34. The van der Waals surface area contributed by atoms with Gasteiger partial charge in [0.05, 0.1) is 35.1 Å². The number of fused-ring (bicyclic) bond motifs is 1. The van der Waals surface area contributed by atoms with Gasteiger partial charge in [-0.15, -0.1) is 0 Å². The number of hydrogen-bond acceptors (Lipinski definition) is 6. The fraction of sp³-hybridized carbons (Fsp3) is 0.471. The summed E-state index contributed by atoms with van der Waals surface area (Å²) in [6.45, 7) is 6.04. The number of anilines is 1. The van der Waals surface area contributed by atoms with Crippen molar-refractivity contribution in [3.8, 4) is 0 Å². The average Bonchev–Trinajstić information content (AvgIpc) is 3.11. The molecule has 2 aromatic heterocycles. The average molecular weight is 345 g/mol. The van der Waals surface area contributed by atoms with E-state index in [1.165, 1.54) is 6.20 Å². The Kier molecular flexibility index (Phi) is 4.63. The molecule has 2 aromatic rings. The molecule has 0 saturated carbocycles. The number of aromatic nitrogens is 2. The Morgan fingerprint density at radius 1 is 1.44 bits per heavy atom. The van der Waals surface area contributed by atoms with Crippen molar-refractivity contribution in [2.75, 3.05) is 32.1 Å². The molecule has 1 amide bonds. The summed E-state index contributed by atoms with van der Waals surface area (Å²) in [6.07, 6.45) is 3.02. The monoisotopic (exact) mass is 345 g/mol. The molecule has 1 fully saturated rings. The highest BCUT2D eigenvalue weighted by molar-refractivity contribution is 6.03. The first-order valence-corrected chi connectivity index (χ1v) is 8.34. The van der Waals surface area contributed by atoms with E-state index in [-0.39, 0.29) is 6.04 Å². The van der Waals surface area contributed by atoms with Gasteiger partial charge in [0.25, 0.3) is 5.91 Å². The van der Waals surface area contributed by atoms with Crippen LogP contribution in [0.5, 0.6) is 0 Å². The summed E-state index contributed by atoms with van der Waals surface area (Å²) in [5.41, 5.74) is 7.45. The van der Waals surface area contributed by atoms with Gasteiger partial charge in [-0.05, 0) is 26.0 Å². The molecule has 3 N–H and O–H groups in total. The summed E-state index contributed by atoms with van der Waals surface area (Å²) in [5, 5.41) is 7.64. The number of primary amides is 1. The highest BCUT2D eigenvalue weighted by Crippen LogP contribution is 2.27. The van der Waals surface area contributed by atoms with Gasteiger partial charge in [0.1, 0.15) is 0 Å². The first-order chi connectivity index (χ1) is 11.9. The smallest absolute Gasteiger partial charge is 0.339 e. The Labute approximate surface area is 145 Å². The van der Waals surface area contributed by atoms with Crippen molar-refractivity contribution in [2.45, 2.75) is 19.9 Å². The van der Waals surface area contributed by atoms with Gasteiger partial charge in [-0.2, -0.15) is 5.10 Å². The Morgan fingerprint density at radius 3 is 2.80 bits per heavy atom. The second-order valence-corrected chi connectivity index (χ2v) is 6.53. The van der Waals surface area contributed by atoms with E-state index in [0.717, 1.165) is 13.1 Å². The zero-order valence-corrected chi connectivity index (χ0v) is 14.7. The van der Waals surface area contributed by atoms with E-state index in [2.05, 4.69) is 29.3 Å². The third-order valence-corrected chi connectivity index (χ3v) is 4.54. The second-order valence-electron chi connectivity index (χ2n) is 6.53. The van der Waals surface area contributed by atoms with E-state index in [1.54, 1.807) is 23.7 Å². The fourth-order valence-corrected chi connectivity index (χ4v) is 3.30. The Balaban J connectivity index is 2.04. The van der Waals surface area contributed by atoms with E-state index in [1.807, 2.05) is 0 Å². The van der Waals surface area contributed by atoms with Crippen LogP contribution in [-0.2, 0) is 4.74 Å². The number of ether oxygens (including phenoxy) is 1. The largest absolute Gasteiger partial charge is 0.462 e. The number of esters is 1. The van der Waals surface area contributed by atoms with Gasteiger partial charge in [-0.3, -0.25) is 4.79 Å². The molecule has 0 aliphatic carbocycles. The molecule has 0 radical (unpaired) electrons. The van der Waals surface area contributed by atoms with Gasteiger partial charge in [0.2, 0.25) is 0 Å². The molecule has 0 aromatic carbocycles. The zero-order chi connectivity index (χ0) is 18.1. The minimum Gasteiger partial charge on any atom is -0.462 e. The third kappa shape index (κ3) is 3.30. The lowest BCUT2D eigenvalue weighted by Crippen LogP contribution is -2.29. The SMILES string of the molecule is CCOC(=O)c1cc2c(NC3CN(C)CC3C)c(C(N)=O)cnn2c1. The van der Waals surface area contributed by atoms with Crippen molar-refractivity contribution in [1.29, 1.82) is 0 Å². The van der Waals surface area contributed by atoms with E-state index in [9.17, 15) is 9.59 Å². The molecule has 0 spiro atoms. The predicted octanol–water partition coefficient (Wildman–Crippen LogP) is 0.972. The van der Waals surface area contributed by atoms with Gasteiger partial charge in [0, 0.05) is 25.3 Å². The predicted molar refractivity (Wildman–Crippen MR) is 93.7 cm³/mol. The molecule has 2 unspecified atom stereocenters. The summed E-state index contributed by atoms with van der Waals surface area (Å²) in [4.78, 5) is 26.1. The number of likely N-dealkylation sites (tertiary alicyclic amines) is 1. The van der Waals surface area contributed by atoms with E-state index in [0.29, 0.717) is 34.9 Å². The quantitative estimate of drug-likeness (QED) is 0.783. The van der Waals surface area contributed by atoms with Crippen LogP contribution in [0.15, 0.2) is 18.5 Å². The topological polar surface area (TPSA) is 102 Å². The van der Waals surface area contributed by atoms with Gasteiger partial charge in [-0.25, -0.2) is 9.31 Å². The van der Waals surface area contributed by atoms with Crippen molar-refractivity contribution in [3.63, 3.8) is 0 Å². The molecule has 1 aliphatic rings. The summed E-state index contributed by atoms with van der Waals surface area (Å²) >= 11 is 0. The van der Waals surface area contributed by atoms with Crippen LogP contribution in [0.3, 0.4) is 0 Å². The zero-order valence-electron chi connectivity index (χ0n) is 14.7. The molecule has 8 heteroatoms. The summed E-state index contributed by atoms with van der Waals surface area (Å²) in [6, 6.07) is 1.85. The molecule has 0 bridgehead atoms. The van der Waals surface area contributed by atoms with Crippen LogP contribution in [0.1, 0.15) is 34.6 Å². The second kappa shape index (κ2) is 6.72. The fourth-order valence-electron chi connectivity index (χ4n) is 3.30. The number of rotatable bonds is 5. The number of hydrogen-bond donors (Lipinski definition) is 2. The maximum atomic E-state index is 12.0. The first kappa shape index (κ1) is 17.2. The third-order valence-electron chi connectivity index (χ3n) is 4.54. The molecule has 3 heterocycles. The molecule has 8 nitrogen and oxygen atoms in total. The molecule has 2 atom stereocenters. The minimum absolute atomic E-state index is 0.176. The number of likely N-dealkylation sites (N-methyl/N-ethyl adjacent to an activating group) is 1. The van der Waals surface area contributed by atoms with Gasteiger partial charge >= 0.3 is 5.97 Å². The van der Waals surface area contributed by atoms with E-state index >= 15 is 0 Å². The van der Waals surface area contributed by atoms with Gasteiger partial charge < -0.3 is 20.7 Å². The Morgan fingerprint density at radius 2 is 2.20 bits per heavy atom. The minimum atomic E-state index is -0.560. The van der Waals surface area contributed by atoms with Gasteiger partial charge in [0.15, 0.2) is 0 Å². The summed E-state index contributed by atoms with van der Waals surface area (Å²) in [5.74, 6) is -0.567. The van der Waals surface area contributed by atoms with Crippen LogP contribution in [0, 0.1) is 5.92 Å². The number of nitrogens with one attached hydrogen (secondary N) is 1. The van der Waals surface area contributed by atoms with Crippen LogP contribution in [-0.4, -0.2) is 59.2 Å². The summed E-state index contributed by atoms with van der Waals surface area (Å²) < 4.78 is 6.60. The highest BCUT2D eigenvalue weighted by atomic mass is 16.5. The number of nitrogens with two attached hydrogens (primary N) is 1. The lowest BCUT2D eigenvalue weighted by Gasteiger charge is -2.20. The molecule has 25 heavy (non-hydrogen) atoms. The van der Waals surface area contributed by atoms with Crippen LogP contribution in [0.4, 0.5) is 5.69 Å². The molecule has 134 valence electrons. The van der Waals surface area contributed by atoms with Crippen molar-refractivity contribution < 1.29 is 14.3 Å². The Hall–Kier alpha value is -2.61. The van der Waals surface area contributed by atoms with Crippen molar-refractivity contribution in [1.82, 2.24) is 14.5 Å². The lowest BCUT2D eigenvalue weighted by molar-refractivity contribution is 0.0526. The Bertz CT molecular complexity index is 816. The van der Waals surface area contributed by atoms with E-state index < -0.39 is 11.9 Å². The normalized spacial score (nSPS) is 20.8. The number of carbonyl (C=O) groups is 2. The molecular formula is C17H23N5O3.